The first kappa shape index (κ1) is 9.08. The third kappa shape index (κ3) is 2.55. The van der Waals surface area contributed by atoms with Crippen LogP contribution in [0.4, 0.5) is 0 Å². The molecule has 0 aliphatic carbocycles. The lowest BCUT2D eigenvalue weighted by Crippen LogP contribution is -2.25. The summed E-state index contributed by atoms with van der Waals surface area (Å²) >= 11 is 1.14. The topological polar surface area (TPSA) is 75.1 Å². The van der Waals surface area contributed by atoms with Crippen molar-refractivity contribution in [2.75, 3.05) is 13.2 Å². The van der Waals surface area contributed by atoms with Crippen molar-refractivity contribution in [1.82, 2.24) is 14.9 Å². The Morgan fingerprint density at radius 1 is 1.75 bits per heavy atom. The highest BCUT2D eigenvalue weighted by molar-refractivity contribution is 7.03. The molecule has 1 heterocycles. The Bertz CT molecular complexity index is 237. The minimum absolute atomic E-state index is 0.0790. The predicted octanol–water partition coefficient (Wildman–Crippen LogP) is -0.350. The minimum Gasteiger partial charge on any atom is -0.396 e. The van der Waals surface area contributed by atoms with Gasteiger partial charge < -0.3 is 10.4 Å². The lowest BCUT2D eigenvalue weighted by atomic mass is 10.4. The highest BCUT2D eigenvalue weighted by Gasteiger charge is 2.06. The van der Waals surface area contributed by atoms with E-state index in [1.165, 1.54) is 0 Å². The third-order valence-corrected chi connectivity index (χ3v) is 1.72. The fourth-order valence-electron chi connectivity index (χ4n) is 0.635. The zero-order chi connectivity index (χ0) is 8.81. The maximum atomic E-state index is 11.1. The van der Waals surface area contributed by atoms with Crippen molar-refractivity contribution < 1.29 is 9.90 Å². The molecule has 0 radical (unpaired) electrons. The number of aliphatic hydroxyl groups excluding tert-OH is 1. The quantitative estimate of drug-likeness (QED) is 0.632. The molecule has 0 bridgehead atoms. The zero-order valence-corrected chi connectivity index (χ0v) is 7.17. The molecule has 2 N–H and O–H groups in total. The van der Waals surface area contributed by atoms with Gasteiger partial charge in [0.1, 0.15) is 0 Å². The van der Waals surface area contributed by atoms with E-state index in [1.807, 2.05) is 0 Å². The smallest absolute Gasteiger partial charge is 0.272 e. The van der Waals surface area contributed by atoms with Crippen LogP contribution in [0.1, 0.15) is 16.9 Å². The van der Waals surface area contributed by atoms with E-state index in [-0.39, 0.29) is 12.5 Å². The highest BCUT2D eigenvalue weighted by atomic mass is 32.1. The van der Waals surface area contributed by atoms with Crippen LogP contribution in [0, 0.1) is 0 Å². The summed E-state index contributed by atoms with van der Waals surface area (Å²) in [4.78, 5) is 11.1. The van der Waals surface area contributed by atoms with Gasteiger partial charge in [-0.1, -0.05) is 4.49 Å². The Morgan fingerprint density at radius 2 is 2.58 bits per heavy atom. The van der Waals surface area contributed by atoms with Crippen LogP contribution in [0.15, 0.2) is 5.38 Å². The van der Waals surface area contributed by atoms with Crippen molar-refractivity contribution in [2.45, 2.75) is 6.42 Å². The second-order valence-electron chi connectivity index (χ2n) is 2.12. The highest BCUT2D eigenvalue weighted by Crippen LogP contribution is 1.95. The molecular weight excluding hydrogens is 178 g/mol. The Labute approximate surface area is 73.6 Å². The van der Waals surface area contributed by atoms with Gasteiger partial charge >= 0.3 is 0 Å². The number of rotatable bonds is 4. The Balaban J connectivity index is 2.30. The SMILES string of the molecule is O=C(NCCCO)c1csnn1. The van der Waals surface area contributed by atoms with Gasteiger partial charge in [0.25, 0.3) is 5.91 Å². The van der Waals surface area contributed by atoms with Crippen LogP contribution in [-0.2, 0) is 0 Å². The molecule has 0 saturated heterocycles. The molecule has 12 heavy (non-hydrogen) atoms. The molecule has 1 aromatic heterocycles. The predicted molar refractivity (Wildman–Crippen MR) is 43.9 cm³/mol. The normalized spacial score (nSPS) is 9.75. The van der Waals surface area contributed by atoms with E-state index in [1.54, 1.807) is 5.38 Å². The summed E-state index contributed by atoms with van der Waals surface area (Å²) in [6.45, 7) is 0.544. The molecule has 0 saturated carbocycles. The largest absolute Gasteiger partial charge is 0.396 e. The molecule has 0 aliphatic rings. The van der Waals surface area contributed by atoms with Gasteiger partial charge in [-0.2, -0.15) is 0 Å². The molecule has 0 spiro atoms. The van der Waals surface area contributed by atoms with Crippen molar-refractivity contribution in [2.24, 2.45) is 0 Å². The van der Waals surface area contributed by atoms with Crippen molar-refractivity contribution in [3.05, 3.63) is 11.1 Å². The van der Waals surface area contributed by atoms with E-state index in [4.69, 9.17) is 5.11 Å². The minimum atomic E-state index is -0.239. The van der Waals surface area contributed by atoms with Crippen LogP contribution >= 0.6 is 11.5 Å². The molecular formula is C6H9N3O2S. The van der Waals surface area contributed by atoms with Gasteiger partial charge in [0.15, 0.2) is 5.69 Å². The summed E-state index contributed by atoms with van der Waals surface area (Å²) in [6, 6.07) is 0. The fraction of sp³-hybridized carbons (Fsp3) is 0.500. The molecule has 0 aliphatic heterocycles. The summed E-state index contributed by atoms with van der Waals surface area (Å²) in [5.74, 6) is -0.239. The first-order valence-electron chi connectivity index (χ1n) is 3.50. The summed E-state index contributed by atoms with van der Waals surface area (Å²) in [7, 11) is 0. The van der Waals surface area contributed by atoms with Gasteiger partial charge in [-0.3, -0.25) is 4.79 Å². The van der Waals surface area contributed by atoms with E-state index >= 15 is 0 Å². The van der Waals surface area contributed by atoms with Crippen molar-refractivity contribution in [3.8, 4) is 0 Å². The van der Waals surface area contributed by atoms with Crippen molar-refractivity contribution >= 4 is 17.4 Å². The number of hydrogen-bond donors (Lipinski definition) is 2. The number of aromatic nitrogens is 2. The molecule has 0 fully saturated rings. The number of nitrogens with zero attached hydrogens (tertiary/aromatic N) is 2. The second-order valence-corrected chi connectivity index (χ2v) is 2.73. The van der Waals surface area contributed by atoms with Gasteiger partial charge in [0.05, 0.1) is 0 Å². The maximum absolute atomic E-state index is 11.1. The Kier molecular flexibility index (Phi) is 3.62. The number of carbonyl (C=O) groups is 1. The lowest BCUT2D eigenvalue weighted by Gasteiger charge is -1.99. The zero-order valence-electron chi connectivity index (χ0n) is 6.36. The first-order valence-corrected chi connectivity index (χ1v) is 4.34. The van der Waals surface area contributed by atoms with Gasteiger partial charge in [-0.05, 0) is 18.0 Å². The summed E-state index contributed by atoms with van der Waals surface area (Å²) in [6.07, 6.45) is 0.559. The summed E-state index contributed by atoms with van der Waals surface area (Å²) in [5, 5.41) is 16.2. The van der Waals surface area contributed by atoms with Crippen LogP contribution < -0.4 is 5.32 Å². The molecule has 0 atom stereocenters. The van der Waals surface area contributed by atoms with Crippen LogP contribution in [0.3, 0.4) is 0 Å². The van der Waals surface area contributed by atoms with E-state index < -0.39 is 0 Å². The Hall–Kier alpha value is -1.01. The van der Waals surface area contributed by atoms with Gasteiger partial charge in [0.2, 0.25) is 0 Å². The van der Waals surface area contributed by atoms with Crippen LogP contribution in [-0.4, -0.2) is 33.8 Å². The summed E-state index contributed by atoms with van der Waals surface area (Å²) < 4.78 is 3.55. The lowest BCUT2D eigenvalue weighted by molar-refractivity contribution is 0.0946. The van der Waals surface area contributed by atoms with Crippen LogP contribution in [0.25, 0.3) is 0 Å². The van der Waals surface area contributed by atoms with E-state index in [0.717, 1.165) is 11.5 Å². The van der Waals surface area contributed by atoms with E-state index in [9.17, 15) is 4.79 Å². The second kappa shape index (κ2) is 4.78. The molecule has 0 aromatic carbocycles. The average Bonchev–Trinajstić information content (AvgIpc) is 2.56. The van der Waals surface area contributed by atoms with Gasteiger partial charge in [-0.25, -0.2) is 0 Å². The standard InChI is InChI=1S/C6H9N3O2S/c10-3-1-2-7-6(11)5-4-12-9-8-5/h4,10H,1-3H2,(H,7,11). The third-order valence-electron chi connectivity index (χ3n) is 1.21. The van der Waals surface area contributed by atoms with Crippen LogP contribution in [0.2, 0.25) is 0 Å². The molecule has 5 nitrogen and oxygen atoms in total. The average molecular weight is 187 g/mol. The number of hydrogen-bond acceptors (Lipinski definition) is 5. The molecule has 1 amide bonds. The maximum Gasteiger partial charge on any atom is 0.272 e. The molecule has 6 heteroatoms. The van der Waals surface area contributed by atoms with Gasteiger partial charge in [-0.15, -0.1) is 5.10 Å². The van der Waals surface area contributed by atoms with Crippen molar-refractivity contribution in [1.29, 1.82) is 0 Å². The van der Waals surface area contributed by atoms with E-state index in [0.29, 0.717) is 18.7 Å². The molecule has 0 unspecified atom stereocenters. The number of aliphatic hydroxyl groups is 1. The van der Waals surface area contributed by atoms with E-state index in [2.05, 4.69) is 14.9 Å². The fourth-order valence-corrected chi connectivity index (χ4v) is 1.07. The Morgan fingerprint density at radius 3 is 3.17 bits per heavy atom. The van der Waals surface area contributed by atoms with Gasteiger partial charge in [0, 0.05) is 18.5 Å². The van der Waals surface area contributed by atoms with Crippen LogP contribution in [0.5, 0.6) is 0 Å². The molecule has 1 rings (SSSR count). The summed E-state index contributed by atoms with van der Waals surface area (Å²) in [5.41, 5.74) is 0.331. The first-order chi connectivity index (χ1) is 5.84. The number of carbonyl (C=O) groups excluding carboxylic acids is 1. The van der Waals surface area contributed by atoms with Crippen molar-refractivity contribution in [3.63, 3.8) is 0 Å². The monoisotopic (exact) mass is 187 g/mol. The number of nitrogens with one attached hydrogen (secondary N) is 1. The number of amides is 1. The molecule has 1 aromatic rings. The molecule has 66 valence electrons.